The minimum atomic E-state index is -3.70. The summed E-state index contributed by atoms with van der Waals surface area (Å²) in [6.45, 7) is 2.91. The summed E-state index contributed by atoms with van der Waals surface area (Å²) in [5.74, 6) is 2.29. The molecule has 4 rings (SSSR count). The van der Waals surface area contributed by atoms with Gasteiger partial charge in [0.05, 0.1) is 24.8 Å². The number of rotatable bonds is 5. The van der Waals surface area contributed by atoms with E-state index in [1.807, 2.05) is 24.3 Å². The molecule has 0 N–H and O–H groups in total. The van der Waals surface area contributed by atoms with Crippen molar-refractivity contribution in [3.8, 4) is 11.5 Å². The van der Waals surface area contributed by atoms with Crippen LogP contribution in [-0.2, 0) is 14.8 Å². The molecule has 0 radical (unpaired) electrons. The first-order valence-corrected chi connectivity index (χ1v) is 13.0. The second kappa shape index (κ2) is 9.33. The van der Waals surface area contributed by atoms with E-state index < -0.39 is 10.0 Å². The van der Waals surface area contributed by atoms with E-state index in [2.05, 4.69) is 0 Å². The van der Waals surface area contributed by atoms with Gasteiger partial charge in [0.2, 0.25) is 15.9 Å². The van der Waals surface area contributed by atoms with Crippen LogP contribution in [0.2, 0.25) is 0 Å². The molecule has 2 aromatic rings. The van der Waals surface area contributed by atoms with E-state index in [0.717, 1.165) is 34.1 Å². The fourth-order valence-corrected chi connectivity index (χ4v) is 6.85. The first kappa shape index (κ1) is 22.9. The van der Waals surface area contributed by atoms with E-state index in [1.54, 1.807) is 43.0 Å². The summed E-state index contributed by atoms with van der Waals surface area (Å²) in [5, 5.41) is 0. The molecule has 172 valence electrons. The van der Waals surface area contributed by atoms with Gasteiger partial charge in [-0.3, -0.25) is 4.79 Å². The number of benzene rings is 2. The maximum Gasteiger partial charge on any atom is 0.243 e. The van der Waals surface area contributed by atoms with Crippen LogP contribution in [0.15, 0.2) is 46.2 Å². The van der Waals surface area contributed by atoms with Gasteiger partial charge in [-0.05, 0) is 55.0 Å². The third kappa shape index (κ3) is 4.33. The topological polar surface area (TPSA) is 76.2 Å². The predicted octanol–water partition coefficient (Wildman–Crippen LogP) is 3.73. The summed E-state index contributed by atoms with van der Waals surface area (Å²) in [6.07, 6.45) is 1.57. The Morgan fingerprint density at radius 3 is 2.62 bits per heavy atom. The second-order valence-corrected chi connectivity index (χ2v) is 11.0. The van der Waals surface area contributed by atoms with Crippen molar-refractivity contribution < 1.29 is 22.7 Å². The Bertz CT molecular complexity index is 1120. The number of nitrogens with zero attached hydrogens (tertiary/aromatic N) is 2. The van der Waals surface area contributed by atoms with Crippen molar-refractivity contribution in [2.75, 3.05) is 44.5 Å². The molecule has 2 aromatic carbocycles. The van der Waals surface area contributed by atoms with E-state index >= 15 is 0 Å². The molecule has 0 unspecified atom stereocenters. The van der Waals surface area contributed by atoms with Gasteiger partial charge in [-0.25, -0.2) is 8.42 Å². The molecule has 1 saturated heterocycles. The first-order chi connectivity index (χ1) is 15.3. The number of ether oxygens (including phenoxy) is 2. The number of sulfonamides is 1. The van der Waals surface area contributed by atoms with Crippen molar-refractivity contribution in [3.05, 3.63) is 42.0 Å². The van der Waals surface area contributed by atoms with Crippen LogP contribution < -0.4 is 14.4 Å². The molecule has 1 fully saturated rings. The first-order valence-electron chi connectivity index (χ1n) is 10.6. The van der Waals surface area contributed by atoms with Crippen molar-refractivity contribution in [2.24, 2.45) is 0 Å². The SMILES string of the molecule is COc1ccc(OC)c([C@H]2CCN(S(=O)(=O)c3ccc4c(c3)N(C(C)=O)CCCS4)C2)c1. The highest BCUT2D eigenvalue weighted by molar-refractivity contribution is 7.99. The summed E-state index contributed by atoms with van der Waals surface area (Å²) >= 11 is 1.66. The molecule has 0 bridgehead atoms. The lowest BCUT2D eigenvalue weighted by molar-refractivity contribution is -0.116. The average Bonchev–Trinajstić information content (AvgIpc) is 3.20. The quantitative estimate of drug-likeness (QED) is 0.655. The standard InChI is InChI=1S/C23H28N2O5S2/c1-16(26)25-10-4-12-31-23-8-6-19(14-21(23)25)32(27,28)24-11-9-17(15-24)20-13-18(29-2)5-7-22(20)30-3/h5-8,13-14,17H,4,9-12,15H2,1-3H3/t17-/m0/s1. The van der Waals surface area contributed by atoms with E-state index in [0.29, 0.717) is 31.7 Å². The lowest BCUT2D eigenvalue weighted by Gasteiger charge is -2.23. The fraction of sp³-hybridized carbons (Fsp3) is 0.435. The van der Waals surface area contributed by atoms with Crippen molar-refractivity contribution in [1.82, 2.24) is 4.31 Å². The molecule has 1 amide bonds. The monoisotopic (exact) mass is 476 g/mol. The summed E-state index contributed by atoms with van der Waals surface area (Å²) in [5.41, 5.74) is 1.64. The van der Waals surface area contributed by atoms with Crippen molar-refractivity contribution in [3.63, 3.8) is 0 Å². The zero-order valence-corrected chi connectivity index (χ0v) is 20.2. The third-order valence-corrected chi connectivity index (χ3v) is 9.06. The maximum absolute atomic E-state index is 13.5. The van der Waals surface area contributed by atoms with Gasteiger partial charge in [0.1, 0.15) is 11.5 Å². The van der Waals surface area contributed by atoms with Crippen LogP contribution in [0.3, 0.4) is 0 Å². The molecule has 7 nitrogen and oxygen atoms in total. The van der Waals surface area contributed by atoms with Gasteiger partial charge >= 0.3 is 0 Å². The Labute approximate surface area is 193 Å². The number of methoxy groups -OCH3 is 2. The van der Waals surface area contributed by atoms with Crippen LogP contribution in [0, 0.1) is 0 Å². The normalized spacial score (nSPS) is 19.3. The van der Waals surface area contributed by atoms with Crippen LogP contribution >= 0.6 is 11.8 Å². The lowest BCUT2D eigenvalue weighted by atomic mass is 9.97. The van der Waals surface area contributed by atoms with Gasteiger partial charge in [0.25, 0.3) is 0 Å². The number of fused-ring (bicyclic) bond motifs is 1. The zero-order valence-electron chi connectivity index (χ0n) is 18.5. The fourth-order valence-electron chi connectivity index (χ4n) is 4.35. The summed E-state index contributed by atoms with van der Waals surface area (Å²) < 4.78 is 39.4. The van der Waals surface area contributed by atoms with Crippen LogP contribution in [-0.4, -0.2) is 58.2 Å². The Balaban J connectivity index is 1.62. The van der Waals surface area contributed by atoms with Crippen molar-refractivity contribution in [1.29, 1.82) is 0 Å². The third-order valence-electron chi connectivity index (χ3n) is 6.05. The molecule has 32 heavy (non-hydrogen) atoms. The smallest absolute Gasteiger partial charge is 0.243 e. The Morgan fingerprint density at radius 2 is 1.91 bits per heavy atom. The Morgan fingerprint density at radius 1 is 1.09 bits per heavy atom. The molecular weight excluding hydrogens is 448 g/mol. The molecule has 1 atom stereocenters. The van der Waals surface area contributed by atoms with Gasteiger partial charge in [-0.2, -0.15) is 4.31 Å². The van der Waals surface area contributed by atoms with Gasteiger partial charge in [0, 0.05) is 42.9 Å². The average molecular weight is 477 g/mol. The van der Waals surface area contributed by atoms with Crippen molar-refractivity contribution in [2.45, 2.75) is 35.5 Å². The maximum atomic E-state index is 13.5. The minimum Gasteiger partial charge on any atom is -0.497 e. The van der Waals surface area contributed by atoms with Crippen LogP contribution in [0.1, 0.15) is 31.2 Å². The van der Waals surface area contributed by atoms with Gasteiger partial charge in [-0.1, -0.05) is 0 Å². The predicted molar refractivity (Wildman–Crippen MR) is 125 cm³/mol. The van der Waals surface area contributed by atoms with Gasteiger partial charge in [0.15, 0.2) is 0 Å². The number of hydrogen-bond acceptors (Lipinski definition) is 6. The van der Waals surface area contributed by atoms with E-state index in [-0.39, 0.29) is 16.7 Å². The van der Waals surface area contributed by atoms with Crippen molar-refractivity contribution >= 4 is 33.4 Å². The molecule has 9 heteroatoms. The molecule has 2 aliphatic rings. The van der Waals surface area contributed by atoms with Crippen LogP contribution in [0.25, 0.3) is 0 Å². The van der Waals surface area contributed by atoms with E-state index in [9.17, 15) is 13.2 Å². The highest BCUT2D eigenvalue weighted by Crippen LogP contribution is 2.40. The summed E-state index contributed by atoms with van der Waals surface area (Å²) in [4.78, 5) is 15.0. The summed E-state index contributed by atoms with van der Waals surface area (Å²) in [7, 11) is -0.472. The number of amides is 1. The molecule has 0 saturated carbocycles. The largest absolute Gasteiger partial charge is 0.497 e. The van der Waals surface area contributed by atoms with Gasteiger partial charge in [-0.15, -0.1) is 11.8 Å². The molecule has 0 spiro atoms. The number of carbonyl (C=O) groups excluding carboxylic acids is 1. The molecule has 0 aromatic heterocycles. The summed E-state index contributed by atoms with van der Waals surface area (Å²) in [6, 6.07) is 10.7. The molecule has 2 aliphatic heterocycles. The van der Waals surface area contributed by atoms with Gasteiger partial charge < -0.3 is 14.4 Å². The Kier molecular flexibility index (Phi) is 6.69. The van der Waals surface area contributed by atoms with Crippen LogP contribution in [0.4, 0.5) is 5.69 Å². The number of anilines is 1. The Hall–Kier alpha value is -2.23. The number of thioether (sulfide) groups is 1. The number of hydrogen-bond donors (Lipinski definition) is 0. The van der Waals surface area contributed by atoms with E-state index in [4.69, 9.17) is 9.47 Å². The molecular formula is C23H28N2O5S2. The minimum absolute atomic E-state index is 0.0138. The van der Waals surface area contributed by atoms with E-state index in [1.165, 1.54) is 11.2 Å². The molecule has 0 aliphatic carbocycles. The highest BCUT2D eigenvalue weighted by atomic mass is 32.2. The zero-order chi connectivity index (χ0) is 22.9. The second-order valence-electron chi connectivity index (χ2n) is 7.96. The lowest BCUT2D eigenvalue weighted by Crippen LogP contribution is -2.31. The van der Waals surface area contributed by atoms with Crippen LogP contribution in [0.5, 0.6) is 11.5 Å². The molecule has 2 heterocycles. The number of carbonyl (C=O) groups is 1. The highest BCUT2D eigenvalue weighted by Gasteiger charge is 2.35.